The Morgan fingerprint density at radius 2 is 1.75 bits per heavy atom. The molecule has 3 aromatic rings. The van der Waals surface area contributed by atoms with Crippen molar-refractivity contribution in [2.24, 2.45) is 0 Å². The molecule has 0 spiro atoms. The number of methoxy groups -OCH3 is 2. The molecule has 0 saturated heterocycles. The third-order valence-corrected chi connectivity index (χ3v) is 7.88. The first-order chi connectivity index (χ1) is 19.5. The summed E-state index contributed by atoms with van der Waals surface area (Å²) in [4.78, 5) is 32.6. The Kier molecular flexibility index (Phi) is 13.1. The van der Waals surface area contributed by atoms with Gasteiger partial charge in [-0.25, -0.2) is 4.79 Å². The fraction of sp³-hybridized carbons (Fsp3) is 0.400. The van der Waals surface area contributed by atoms with E-state index >= 15 is 0 Å². The summed E-state index contributed by atoms with van der Waals surface area (Å²) in [5.41, 5.74) is 1.72. The first kappa shape index (κ1) is 31.3. The van der Waals surface area contributed by atoms with E-state index in [1.165, 1.54) is 0 Å². The molecule has 0 radical (unpaired) electrons. The van der Waals surface area contributed by atoms with Crippen LogP contribution < -0.4 is 14.8 Å². The third kappa shape index (κ3) is 9.76. The Balaban J connectivity index is 1.73. The standard InChI is InChI=1S/C30H39N3O5S2/c1-5-38-18-7-16-33(30(35)31-24-10-12-25(39-4)13-11-24)22-29(34)32(21-26-8-6-19-40-26)17-15-23-9-14-27(36-2)28(20-23)37-3/h6,8-14,19-20H,5,7,15-18,21-22H2,1-4H3,(H,31,35). The monoisotopic (exact) mass is 585 g/mol. The van der Waals surface area contributed by atoms with Crippen LogP contribution in [0, 0.1) is 0 Å². The number of benzene rings is 2. The number of hydrogen-bond acceptors (Lipinski definition) is 7. The molecule has 40 heavy (non-hydrogen) atoms. The van der Waals surface area contributed by atoms with Crippen molar-refractivity contribution < 1.29 is 23.8 Å². The van der Waals surface area contributed by atoms with E-state index in [4.69, 9.17) is 14.2 Å². The molecule has 3 rings (SSSR count). The van der Waals surface area contributed by atoms with Gasteiger partial charge in [-0.15, -0.1) is 23.1 Å². The molecule has 0 saturated carbocycles. The highest BCUT2D eigenvalue weighted by Gasteiger charge is 2.22. The van der Waals surface area contributed by atoms with Crippen molar-refractivity contribution >= 4 is 40.7 Å². The number of urea groups is 1. The molecule has 0 atom stereocenters. The number of carbonyl (C=O) groups excluding carboxylic acids is 2. The second-order valence-electron chi connectivity index (χ2n) is 8.96. The van der Waals surface area contributed by atoms with Gasteiger partial charge in [0, 0.05) is 41.8 Å². The maximum absolute atomic E-state index is 13.7. The second-order valence-corrected chi connectivity index (χ2v) is 10.9. The van der Waals surface area contributed by atoms with Gasteiger partial charge in [0.15, 0.2) is 11.5 Å². The normalized spacial score (nSPS) is 10.7. The molecule has 1 aromatic heterocycles. The summed E-state index contributed by atoms with van der Waals surface area (Å²) in [6.45, 7) is 4.42. The van der Waals surface area contributed by atoms with Gasteiger partial charge in [-0.3, -0.25) is 4.79 Å². The number of thioether (sulfide) groups is 1. The molecular formula is C30H39N3O5S2. The Labute approximate surface area is 245 Å². The molecule has 3 amide bonds. The van der Waals surface area contributed by atoms with Crippen molar-refractivity contribution in [3.8, 4) is 11.5 Å². The predicted molar refractivity (Wildman–Crippen MR) is 163 cm³/mol. The summed E-state index contributed by atoms with van der Waals surface area (Å²) < 4.78 is 16.3. The highest BCUT2D eigenvalue weighted by atomic mass is 32.2. The number of carbonyl (C=O) groups is 2. The van der Waals surface area contributed by atoms with Crippen LogP contribution in [0.2, 0.25) is 0 Å². The second kappa shape index (κ2) is 16.8. The van der Waals surface area contributed by atoms with E-state index < -0.39 is 0 Å². The number of rotatable bonds is 16. The number of nitrogens with zero attached hydrogens (tertiary/aromatic N) is 2. The van der Waals surface area contributed by atoms with Gasteiger partial charge in [0.2, 0.25) is 5.91 Å². The number of thiophene rings is 1. The number of amides is 3. The zero-order valence-electron chi connectivity index (χ0n) is 23.7. The lowest BCUT2D eigenvalue weighted by molar-refractivity contribution is -0.132. The van der Waals surface area contributed by atoms with E-state index in [-0.39, 0.29) is 18.5 Å². The van der Waals surface area contributed by atoms with Crippen LogP contribution in [0.25, 0.3) is 0 Å². The smallest absolute Gasteiger partial charge is 0.322 e. The highest BCUT2D eigenvalue weighted by molar-refractivity contribution is 7.98. The zero-order valence-corrected chi connectivity index (χ0v) is 25.3. The predicted octanol–water partition coefficient (Wildman–Crippen LogP) is 6.02. The maximum atomic E-state index is 13.7. The van der Waals surface area contributed by atoms with Crippen molar-refractivity contribution in [3.63, 3.8) is 0 Å². The molecular weight excluding hydrogens is 546 g/mol. The number of hydrogen-bond donors (Lipinski definition) is 1. The van der Waals surface area contributed by atoms with E-state index in [1.807, 2.05) is 78.1 Å². The lowest BCUT2D eigenvalue weighted by Gasteiger charge is -2.28. The molecule has 2 aromatic carbocycles. The summed E-state index contributed by atoms with van der Waals surface area (Å²) >= 11 is 3.25. The van der Waals surface area contributed by atoms with Crippen LogP contribution in [0.1, 0.15) is 23.8 Å². The van der Waals surface area contributed by atoms with Crippen molar-refractivity contribution in [2.45, 2.75) is 31.2 Å². The lowest BCUT2D eigenvalue weighted by atomic mass is 10.1. The average Bonchev–Trinajstić information content (AvgIpc) is 3.50. The first-order valence-electron chi connectivity index (χ1n) is 13.3. The SMILES string of the molecule is CCOCCCN(CC(=O)N(CCc1ccc(OC)c(OC)c1)Cc1cccs1)C(=O)Nc1ccc(SC)cc1. The van der Waals surface area contributed by atoms with Crippen LogP contribution in [-0.2, 0) is 22.5 Å². The van der Waals surface area contributed by atoms with Gasteiger partial charge in [0.25, 0.3) is 0 Å². The summed E-state index contributed by atoms with van der Waals surface area (Å²) in [6, 6.07) is 17.1. The quantitative estimate of drug-likeness (QED) is 0.164. The third-order valence-electron chi connectivity index (χ3n) is 6.27. The van der Waals surface area contributed by atoms with Crippen LogP contribution in [0.15, 0.2) is 64.9 Å². The van der Waals surface area contributed by atoms with Crippen LogP contribution in [0.5, 0.6) is 11.5 Å². The minimum absolute atomic E-state index is 0.0296. The minimum atomic E-state index is -0.308. The topological polar surface area (TPSA) is 80.3 Å². The summed E-state index contributed by atoms with van der Waals surface area (Å²) in [5.74, 6) is 1.20. The lowest BCUT2D eigenvalue weighted by Crippen LogP contribution is -2.45. The number of ether oxygens (including phenoxy) is 3. The Morgan fingerprint density at radius 1 is 0.975 bits per heavy atom. The van der Waals surface area contributed by atoms with Crippen molar-refractivity contribution in [3.05, 3.63) is 70.4 Å². The zero-order chi connectivity index (χ0) is 28.7. The van der Waals surface area contributed by atoms with Crippen LogP contribution in [0.4, 0.5) is 10.5 Å². The van der Waals surface area contributed by atoms with Gasteiger partial charge >= 0.3 is 6.03 Å². The van der Waals surface area contributed by atoms with E-state index in [2.05, 4.69) is 5.32 Å². The fourth-order valence-electron chi connectivity index (χ4n) is 4.08. The van der Waals surface area contributed by atoms with Crippen molar-refractivity contribution in [1.29, 1.82) is 0 Å². The van der Waals surface area contributed by atoms with Gasteiger partial charge in [-0.2, -0.15) is 0 Å². The molecule has 1 N–H and O–H groups in total. The van der Waals surface area contributed by atoms with E-state index in [9.17, 15) is 9.59 Å². The molecule has 0 aliphatic carbocycles. The van der Waals surface area contributed by atoms with E-state index in [0.717, 1.165) is 15.3 Å². The van der Waals surface area contributed by atoms with Crippen molar-refractivity contribution in [2.75, 3.05) is 58.6 Å². The molecule has 8 nitrogen and oxygen atoms in total. The number of nitrogens with one attached hydrogen (secondary N) is 1. The summed E-state index contributed by atoms with van der Waals surface area (Å²) in [5, 5.41) is 4.95. The van der Waals surface area contributed by atoms with Crippen molar-refractivity contribution in [1.82, 2.24) is 9.80 Å². The van der Waals surface area contributed by atoms with Gasteiger partial charge in [-0.1, -0.05) is 12.1 Å². The molecule has 216 valence electrons. The summed E-state index contributed by atoms with van der Waals surface area (Å²) in [7, 11) is 3.21. The molecule has 0 fully saturated rings. The Hall–Kier alpha value is -3.21. The van der Waals surface area contributed by atoms with Crippen LogP contribution >= 0.6 is 23.1 Å². The molecule has 0 aliphatic rings. The minimum Gasteiger partial charge on any atom is -0.493 e. The largest absolute Gasteiger partial charge is 0.493 e. The summed E-state index contributed by atoms with van der Waals surface area (Å²) in [6.07, 6.45) is 3.28. The molecule has 10 heteroatoms. The van der Waals surface area contributed by atoms with Gasteiger partial charge in [0.05, 0.1) is 20.8 Å². The maximum Gasteiger partial charge on any atom is 0.322 e. The average molecular weight is 586 g/mol. The molecule has 0 bridgehead atoms. The van der Waals surface area contributed by atoms with Crippen LogP contribution in [0.3, 0.4) is 0 Å². The fourth-order valence-corrected chi connectivity index (χ4v) is 5.20. The molecule has 0 aliphatic heterocycles. The van der Waals surface area contributed by atoms with Gasteiger partial charge in [-0.05, 0) is 79.4 Å². The number of anilines is 1. The van der Waals surface area contributed by atoms with E-state index in [0.29, 0.717) is 62.9 Å². The van der Waals surface area contributed by atoms with Gasteiger partial charge < -0.3 is 29.3 Å². The Bertz CT molecular complexity index is 1190. The van der Waals surface area contributed by atoms with Gasteiger partial charge in [0.1, 0.15) is 6.54 Å². The van der Waals surface area contributed by atoms with Crippen LogP contribution in [-0.4, -0.2) is 75.1 Å². The highest BCUT2D eigenvalue weighted by Crippen LogP contribution is 2.28. The Morgan fingerprint density at radius 3 is 2.40 bits per heavy atom. The molecule has 1 heterocycles. The first-order valence-corrected chi connectivity index (χ1v) is 15.4. The molecule has 0 unspecified atom stereocenters. The van der Waals surface area contributed by atoms with E-state index in [1.54, 1.807) is 42.2 Å².